The van der Waals surface area contributed by atoms with Gasteiger partial charge in [0.15, 0.2) is 5.90 Å². The van der Waals surface area contributed by atoms with Crippen molar-refractivity contribution in [3.8, 4) is 0 Å². The molecule has 1 heterocycles. The van der Waals surface area contributed by atoms with E-state index in [0.717, 1.165) is 28.5 Å². The van der Waals surface area contributed by atoms with Gasteiger partial charge in [0, 0.05) is 0 Å². The molecule has 166 valence electrons. The summed E-state index contributed by atoms with van der Waals surface area (Å²) in [5, 5.41) is 0. The van der Waals surface area contributed by atoms with E-state index >= 15 is 0 Å². The molecule has 32 heavy (non-hydrogen) atoms. The molecule has 0 amide bonds. The van der Waals surface area contributed by atoms with Crippen LogP contribution in [0.5, 0.6) is 0 Å². The first-order chi connectivity index (χ1) is 15.4. The predicted octanol–water partition coefficient (Wildman–Crippen LogP) is 4.68. The van der Waals surface area contributed by atoms with Gasteiger partial charge in [0.05, 0.1) is 19.5 Å². The number of nitrogens with zero attached hydrogens (tertiary/aromatic N) is 1. The second-order valence-electron chi connectivity index (χ2n) is 7.98. The van der Waals surface area contributed by atoms with E-state index < -0.39 is 15.5 Å². The van der Waals surface area contributed by atoms with E-state index in [1.165, 1.54) is 0 Å². The highest BCUT2D eigenvalue weighted by atomic mass is 32.2. The predicted molar refractivity (Wildman–Crippen MR) is 126 cm³/mol. The average molecular weight is 450 g/mol. The minimum absolute atomic E-state index is 0.0852. The van der Waals surface area contributed by atoms with Crippen molar-refractivity contribution in [2.45, 2.75) is 24.8 Å². The zero-order valence-electron chi connectivity index (χ0n) is 18.3. The molecule has 0 saturated carbocycles. The van der Waals surface area contributed by atoms with Gasteiger partial charge in [-0.3, -0.25) is 4.18 Å². The molecule has 4 rings (SSSR count). The van der Waals surface area contributed by atoms with E-state index in [2.05, 4.69) is 6.07 Å². The van der Waals surface area contributed by atoms with Crippen molar-refractivity contribution < 1.29 is 17.3 Å². The number of hydrogen-bond acceptors (Lipinski definition) is 5. The Hall–Kier alpha value is -2.96. The number of rotatable bonds is 7. The maximum Gasteiger partial charge on any atom is 0.264 e. The molecule has 1 aliphatic rings. The lowest BCUT2D eigenvalue weighted by Gasteiger charge is -2.40. The van der Waals surface area contributed by atoms with Gasteiger partial charge >= 0.3 is 0 Å². The smallest absolute Gasteiger partial charge is 0.264 e. The van der Waals surface area contributed by atoms with Crippen LogP contribution in [0, 0.1) is 0 Å². The minimum Gasteiger partial charge on any atom is -0.481 e. The molecule has 0 radical (unpaired) electrons. The molecule has 0 aliphatic carbocycles. The van der Waals surface area contributed by atoms with Gasteiger partial charge in [-0.05, 0) is 35.6 Å². The molecule has 0 bridgehead atoms. The monoisotopic (exact) mass is 449 g/mol. The summed E-state index contributed by atoms with van der Waals surface area (Å²) in [5.74, 6) is 0.500. The summed E-state index contributed by atoms with van der Waals surface area (Å²) in [6, 6.07) is 27.8. The third kappa shape index (κ3) is 4.61. The Morgan fingerprint density at radius 2 is 1.53 bits per heavy atom. The van der Waals surface area contributed by atoms with E-state index in [0.29, 0.717) is 18.9 Å². The fraction of sp³-hybridized carbons (Fsp3) is 0.269. The summed E-state index contributed by atoms with van der Waals surface area (Å²) in [4.78, 5) is 5.05. The first-order valence-corrected chi connectivity index (χ1v) is 12.5. The van der Waals surface area contributed by atoms with Gasteiger partial charge in [-0.25, -0.2) is 4.99 Å². The van der Waals surface area contributed by atoms with E-state index in [1.54, 1.807) is 0 Å². The van der Waals surface area contributed by atoms with Gasteiger partial charge in [0.25, 0.3) is 10.1 Å². The molecule has 2 unspecified atom stereocenters. The van der Waals surface area contributed by atoms with Crippen LogP contribution in [-0.2, 0) is 30.9 Å². The summed E-state index contributed by atoms with van der Waals surface area (Å²) in [5.41, 5.74) is 3.22. The standard InChI is InChI=1S/C26H27NO4S/c1-3-30-25-26(19-31-32(2,28)29,18-20-12-6-4-7-13-20)23-17-11-10-16-22(23)24(27-25)21-14-8-5-9-15-21/h4-17,24H,3,18-19H2,1-2H3. The Morgan fingerprint density at radius 1 is 0.906 bits per heavy atom. The summed E-state index contributed by atoms with van der Waals surface area (Å²) in [6.45, 7) is 2.24. The molecule has 2 atom stereocenters. The number of benzene rings is 3. The SMILES string of the molecule is CCOC1=NC(c2ccccc2)c2ccccc2C1(COS(C)(=O)=O)Cc1ccccc1. The first kappa shape index (κ1) is 22.2. The third-order valence-electron chi connectivity index (χ3n) is 5.69. The topological polar surface area (TPSA) is 65.0 Å². The second kappa shape index (κ2) is 9.27. The number of ether oxygens (including phenoxy) is 1. The molecular formula is C26H27NO4S. The highest BCUT2D eigenvalue weighted by molar-refractivity contribution is 7.85. The summed E-state index contributed by atoms with van der Waals surface area (Å²) in [7, 11) is -3.67. The number of aliphatic imine (C=N–C) groups is 1. The molecule has 0 spiro atoms. The second-order valence-corrected chi connectivity index (χ2v) is 9.62. The van der Waals surface area contributed by atoms with Gasteiger partial charge in [-0.2, -0.15) is 8.42 Å². The Labute approximate surface area is 189 Å². The Morgan fingerprint density at radius 3 is 2.19 bits per heavy atom. The highest BCUT2D eigenvalue weighted by Gasteiger charge is 2.46. The lowest BCUT2D eigenvalue weighted by Crippen LogP contribution is -2.47. The van der Waals surface area contributed by atoms with Gasteiger partial charge in [-0.15, -0.1) is 0 Å². The lowest BCUT2D eigenvalue weighted by atomic mass is 9.70. The normalized spacial score (nSPS) is 20.3. The number of fused-ring (bicyclic) bond motifs is 1. The van der Waals surface area contributed by atoms with E-state index in [9.17, 15) is 8.42 Å². The van der Waals surface area contributed by atoms with Gasteiger partial charge in [0.2, 0.25) is 0 Å². The zero-order valence-corrected chi connectivity index (χ0v) is 19.1. The van der Waals surface area contributed by atoms with Crippen molar-refractivity contribution in [1.82, 2.24) is 0 Å². The van der Waals surface area contributed by atoms with Crippen molar-refractivity contribution in [3.05, 3.63) is 107 Å². The molecular weight excluding hydrogens is 422 g/mol. The van der Waals surface area contributed by atoms with Crippen LogP contribution in [0.15, 0.2) is 89.9 Å². The minimum atomic E-state index is -3.67. The molecule has 0 N–H and O–H groups in total. The molecule has 0 saturated heterocycles. The van der Waals surface area contributed by atoms with Crippen molar-refractivity contribution in [2.24, 2.45) is 4.99 Å². The quantitative estimate of drug-likeness (QED) is 0.491. The molecule has 0 fully saturated rings. The van der Waals surface area contributed by atoms with Crippen LogP contribution in [0.4, 0.5) is 0 Å². The van der Waals surface area contributed by atoms with Crippen LogP contribution < -0.4 is 0 Å². The van der Waals surface area contributed by atoms with E-state index in [1.807, 2.05) is 85.8 Å². The first-order valence-electron chi connectivity index (χ1n) is 10.7. The molecule has 5 nitrogen and oxygen atoms in total. The molecule has 1 aliphatic heterocycles. The third-order valence-corrected chi connectivity index (χ3v) is 6.24. The summed E-state index contributed by atoms with van der Waals surface area (Å²) in [6.07, 6.45) is 1.57. The van der Waals surface area contributed by atoms with Crippen LogP contribution in [0.1, 0.15) is 35.2 Å². The Kier molecular flexibility index (Phi) is 6.44. The van der Waals surface area contributed by atoms with E-state index in [4.69, 9.17) is 13.9 Å². The van der Waals surface area contributed by atoms with Gasteiger partial charge in [0.1, 0.15) is 11.5 Å². The highest BCUT2D eigenvalue weighted by Crippen LogP contribution is 2.44. The average Bonchev–Trinajstić information content (AvgIpc) is 2.80. The Bertz CT molecular complexity index is 1190. The maximum absolute atomic E-state index is 12.0. The van der Waals surface area contributed by atoms with Crippen LogP contribution in [-0.4, -0.2) is 33.8 Å². The van der Waals surface area contributed by atoms with E-state index in [-0.39, 0.29) is 12.6 Å². The van der Waals surface area contributed by atoms with Crippen molar-refractivity contribution in [1.29, 1.82) is 0 Å². The molecule has 0 aromatic heterocycles. The maximum atomic E-state index is 12.0. The summed E-state index contributed by atoms with van der Waals surface area (Å²) < 4.78 is 35.6. The van der Waals surface area contributed by atoms with Gasteiger partial charge in [-0.1, -0.05) is 84.9 Å². The molecule has 6 heteroatoms. The van der Waals surface area contributed by atoms with Crippen LogP contribution >= 0.6 is 0 Å². The largest absolute Gasteiger partial charge is 0.481 e. The van der Waals surface area contributed by atoms with Gasteiger partial charge < -0.3 is 4.74 Å². The summed E-state index contributed by atoms with van der Waals surface area (Å²) >= 11 is 0. The van der Waals surface area contributed by atoms with Crippen LogP contribution in [0.2, 0.25) is 0 Å². The van der Waals surface area contributed by atoms with Crippen molar-refractivity contribution in [2.75, 3.05) is 19.5 Å². The molecule has 3 aromatic rings. The van der Waals surface area contributed by atoms with Crippen molar-refractivity contribution >= 4 is 16.0 Å². The van der Waals surface area contributed by atoms with Crippen molar-refractivity contribution in [3.63, 3.8) is 0 Å². The molecule has 3 aromatic carbocycles. The number of hydrogen-bond donors (Lipinski definition) is 0. The van der Waals surface area contributed by atoms with Crippen LogP contribution in [0.3, 0.4) is 0 Å². The zero-order chi connectivity index (χ0) is 22.6. The fourth-order valence-electron chi connectivity index (χ4n) is 4.31. The lowest BCUT2D eigenvalue weighted by molar-refractivity contribution is 0.214. The Balaban J connectivity index is 1.93. The fourth-order valence-corrected chi connectivity index (χ4v) is 4.73. The van der Waals surface area contributed by atoms with Crippen LogP contribution in [0.25, 0.3) is 0 Å².